The van der Waals surface area contributed by atoms with Gasteiger partial charge in [-0.2, -0.15) is 0 Å². The van der Waals surface area contributed by atoms with E-state index in [1.54, 1.807) is 10.8 Å². The maximum absolute atomic E-state index is 12.8. The number of allylic oxidation sites excluding steroid dienone is 2. The highest BCUT2D eigenvalue weighted by Gasteiger charge is 2.24. The lowest BCUT2D eigenvalue weighted by atomic mass is 10.0. The number of piperazine rings is 1. The third kappa shape index (κ3) is 7.13. The van der Waals surface area contributed by atoms with Crippen molar-refractivity contribution in [3.63, 3.8) is 0 Å². The van der Waals surface area contributed by atoms with Crippen molar-refractivity contribution in [3.05, 3.63) is 59.6 Å². The van der Waals surface area contributed by atoms with Crippen molar-refractivity contribution in [1.82, 2.24) is 20.1 Å². The van der Waals surface area contributed by atoms with Crippen LogP contribution in [0.25, 0.3) is 0 Å². The highest BCUT2D eigenvalue weighted by molar-refractivity contribution is 7.81. The average molecular weight is 498 g/mol. The summed E-state index contributed by atoms with van der Waals surface area (Å²) < 4.78 is 1.75. The van der Waals surface area contributed by atoms with Crippen LogP contribution in [0.1, 0.15) is 25.8 Å². The van der Waals surface area contributed by atoms with E-state index in [2.05, 4.69) is 70.8 Å². The second-order valence-corrected chi connectivity index (χ2v) is 9.69. The van der Waals surface area contributed by atoms with Crippen LogP contribution in [-0.2, 0) is 4.79 Å². The molecule has 190 valence electrons. The molecule has 0 saturated carbocycles. The predicted molar refractivity (Wildman–Crippen MR) is 149 cm³/mol. The number of aryl methyl sites for hydroxylation is 1. The number of carbonyl (C=O) groups is 1. The zero-order chi connectivity index (χ0) is 25.5. The molecular weight excluding hydrogens is 458 g/mol. The molecule has 0 radical (unpaired) electrons. The van der Waals surface area contributed by atoms with E-state index in [0.717, 1.165) is 66.6 Å². The van der Waals surface area contributed by atoms with Gasteiger partial charge < -0.3 is 15.5 Å². The van der Waals surface area contributed by atoms with Crippen molar-refractivity contribution in [2.24, 2.45) is 10.9 Å². The average Bonchev–Trinajstić information content (AvgIpc) is 2.84. The highest BCUT2D eigenvalue weighted by atomic mass is 32.1. The first kappa shape index (κ1) is 26.8. The van der Waals surface area contributed by atoms with E-state index in [0.29, 0.717) is 12.5 Å². The third-order valence-corrected chi connectivity index (χ3v) is 6.93. The summed E-state index contributed by atoms with van der Waals surface area (Å²) in [6.07, 6.45) is 7.14. The van der Waals surface area contributed by atoms with Gasteiger partial charge in [-0.25, -0.2) is 10.0 Å². The summed E-state index contributed by atoms with van der Waals surface area (Å²) >= 11 is 4.53. The number of nitrogens with one attached hydrogen (secondary N) is 2. The van der Waals surface area contributed by atoms with Crippen molar-refractivity contribution >= 4 is 36.4 Å². The molecule has 2 aliphatic heterocycles. The normalized spacial score (nSPS) is 17.8. The standard InChI is InChI=1S/C26H39N7OS/c1-7-19(2)8-11-23-21(4)27-18-28-26(23)32-14-12-31(13-15-32)17-25(34)29-22-10-9-20(3)24(16-22)33(35)30(5)6/h8-11,16,18-19,35H,4,7,12-15,17H2,1-3,5-6H3,(H,27,28)(H,29,34)/b11-8-. The number of carbonyl (C=O) groups excluding carboxylic acids is 1. The van der Waals surface area contributed by atoms with Gasteiger partial charge in [0, 0.05) is 57.2 Å². The Bertz CT molecular complexity index is 1010. The van der Waals surface area contributed by atoms with Crippen LogP contribution >= 0.6 is 12.8 Å². The van der Waals surface area contributed by atoms with Crippen molar-refractivity contribution in [3.8, 4) is 0 Å². The van der Waals surface area contributed by atoms with Gasteiger partial charge >= 0.3 is 0 Å². The third-order valence-electron chi connectivity index (χ3n) is 6.35. The second-order valence-electron chi connectivity index (χ2n) is 9.31. The molecule has 9 heteroatoms. The zero-order valence-electron chi connectivity index (χ0n) is 21.6. The maximum atomic E-state index is 12.8. The minimum atomic E-state index is -0.0199. The van der Waals surface area contributed by atoms with Gasteiger partial charge in [-0.1, -0.05) is 45.1 Å². The Kier molecular flexibility index (Phi) is 9.42. The van der Waals surface area contributed by atoms with Gasteiger partial charge in [-0.15, -0.1) is 0 Å². The van der Waals surface area contributed by atoms with Gasteiger partial charge in [-0.05, 0) is 43.4 Å². The smallest absolute Gasteiger partial charge is 0.238 e. The number of hydrogen-bond donors (Lipinski definition) is 3. The highest BCUT2D eigenvalue weighted by Crippen LogP contribution is 2.26. The molecule has 1 aromatic carbocycles. The van der Waals surface area contributed by atoms with Crippen LogP contribution in [0.15, 0.2) is 59.0 Å². The first-order valence-corrected chi connectivity index (χ1v) is 12.5. The Morgan fingerprint density at radius 2 is 2.03 bits per heavy atom. The number of nitrogens with zero attached hydrogens (tertiary/aromatic N) is 5. The van der Waals surface area contributed by atoms with Gasteiger partial charge in [0.2, 0.25) is 5.91 Å². The second kappa shape index (κ2) is 12.3. The lowest BCUT2D eigenvalue weighted by molar-refractivity contribution is -0.117. The Hall–Kier alpha value is -2.75. The number of benzene rings is 1. The van der Waals surface area contributed by atoms with Crippen LogP contribution in [0.2, 0.25) is 0 Å². The number of rotatable bonds is 9. The van der Waals surface area contributed by atoms with Crippen molar-refractivity contribution in [2.75, 3.05) is 56.6 Å². The monoisotopic (exact) mass is 497 g/mol. The number of amides is 1. The summed E-state index contributed by atoms with van der Waals surface area (Å²) in [5.41, 5.74) is 4.67. The molecule has 1 amide bonds. The molecule has 3 rings (SSSR count). The number of hydrazine groups is 1. The van der Waals surface area contributed by atoms with Gasteiger partial charge in [0.15, 0.2) is 0 Å². The summed E-state index contributed by atoms with van der Waals surface area (Å²) in [7, 11) is 3.84. The summed E-state index contributed by atoms with van der Waals surface area (Å²) in [5.74, 6) is 1.43. The van der Waals surface area contributed by atoms with E-state index in [4.69, 9.17) is 0 Å². The lowest BCUT2D eigenvalue weighted by Gasteiger charge is -2.37. The first-order chi connectivity index (χ1) is 16.7. The van der Waals surface area contributed by atoms with E-state index in [1.807, 2.05) is 44.2 Å². The van der Waals surface area contributed by atoms with Crippen molar-refractivity contribution < 1.29 is 4.79 Å². The van der Waals surface area contributed by atoms with Gasteiger partial charge in [-0.3, -0.25) is 14.1 Å². The van der Waals surface area contributed by atoms with Crippen molar-refractivity contribution in [2.45, 2.75) is 27.2 Å². The molecule has 2 N–H and O–H groups in total. The predicted octanol–water partition coefficient (Wildman–Crippen LogP) is 3.64. The van der Waals surface area contributed by atoms with Gasteiger partial charge in [0.25, 0.3) is 0 Å². The SMILES string of the molecule is C=C1NC=NC(N2CCN(CC(=O)Nc3ccc(C)c(N(S)N(C)C)c3)CC2)=C1/C=C\C(C)CC. The van der Waals surface area contributed by atoms with Crippen molar-refractivity contribution in [1.29, 1.82) is 0 Å². The Balaban J connectivity index is 1.59. The fourth-order valence-electron chi connectivity index (χ4n) is 3.92. The molecule has 0 aliphatic carbocycles. The number of hydrogen-bond acceptors (Lipinski definition) is 8. The van der Waals surface area contributed by atoms with Gasteiger partial charge in [0.05, 0.1) is 18.6 Å². The number of aliphatic imine (C=N–C) groups is 1. The molecule has 1 aromatic rings. The fraction of sp³-hybridized carbons (Fsp3) is 0.462. The minimum absolute atomic E-state index is 0.0199. The fourth-order valence-corrected chi connectivity index (χ4v) is 4.13. The summed E-state index contributed by atoms with van der Waals surface area (Å²) in [5, 5.41) is 8.04. The molecule has 2 heterocycles. The van der Waals surface area contributed by atoms with E-state index in [-0.39, 0.29) is 5.91 Å². The molecule has 35 heavy (non-hydrogen) atoms. The zero-order valence-corrected chi connectivity index (χ0v) is 22.5. The van der Waals surface area contributed by atoms with E-state index >= 15 is 0 Å². The van der Waals surface area contributed by atoms with Crippen LogP contribution in [0, 0.1) is 12.8 Å². The lowest BCUT2D eigenvalue weighted by Crippen LogP contribution is -2.48. The van der Waals surface area contributed by atoms with Crippen LogP contribution in [-0.4, -0.2) is 73.9 Å². The summed E-state index contributed by atoms with van der Waals surface area (Å²) in [6.45, 7) is 14.1. The van der Waals surface area contributed by atoms with Crippen LogP contribution in [0.3, 0.4) is 0 Å². The van der Waals surface area contributed by atoms with E-state index in [1.165, 1.54) is 0 Å². The maximum Gasteiger partial charge on any atom is 0.238 e. The van der Waals surface area contributed by atoms with E-state index in [9.17, 15) is 4.79 Å². The van der Waals surface area contributed by atoms with Gasteiger partial charge in [0.1, 0.15) is 5.82 Å². The van der Waals surface area contributed by atoms with Crippen LogP contribution in [0.4, 0.5) is 11.4 Å². The van der Waals surface area contributed by atoms with Crippen LogP contribution < -0.4 is 15.0 Å². The van der Waals surface area contributed by atoms with E-state index < -0.39 is 0 Å². The molecule has 1 saturated heterocycles. The number of anilines is 2. The molecule has 0 aromatic heterocycles. The molecule has 0 spiro atoms. The molecule has 2 aliphatic rings. The Morgan fingerprint density at radius 3 is 2.69 bits per heavy atom. The minimum Gasteiger partial charge on any atom is -0.353 e. The molecule has 0 bridgehead atoms. The molecule has 8 nitrogen and oxygen atoms in total. The molecule has 1 fully saturated rings. The van der Waals surface area contributed by atoms with Crippen LogP contribution in [0.5, 0.6) is 0 Å². The Morgan fingerprint density at radius 1 is 1.31 bits per heavy atom. The summed E-state index contributed by atoms with van der Waals surface area (Å²) in [4.78, 5) is 21.8. The molecular formula is C26H39N7OS. The number of thiol groups is 1. The quantitative estimate of drug-likeness (QED) is 0.358. The Labute approximate surface area is 215 Å². The molecule has 1 atom stereocenters. The molecule has 1 unspecified atom stereocenters. The first-order valence-electron chi connectivity index (χ1n) is 12.1. The largest absolute Gasteiger partial charge is 0.353 e. The summed E-state index contributed by atoms with van der Waals surface area (Å²) in [6, 6.07) is 5.86. The topological polar surface area (TPSA) is 66.5 Å².